The van der Waals surface area contributed by atoms with E-state index >= 15 is 0 Å². The number of carbonyl (C=O) groups excluding carboxylic acids is 1. The van der Waals surface area contributed by atoms with Crippen molar-refractivity contribution >= 4 is 18.3 Å². The molecular weight excluding hydrogens is 283 g/mol. The Balaban J connectivity index is 0.00000361. The first kappa shape index (κ1) is 18.7. The van der Waals surface area contributed by atoms with Gasteiger partial charge in [0.2, 0.25) is 0 Å². The highest BCUT2D eigenvalue weighted by molar-refractivity contribution is 5.97. The fraction of sp³-hybridized carbons (Fsp3) is 0.500. The Morgan fingerprint density at radius 1 is 1.40 bits per heavy atom. The van der Waals surface area contributed by atoms with Gasteiger partial charge in [0.05, 0.1) is 7.11 Å². The maximum absolute atomic E-state index is 13.7. The van der Waals surface area contributed by atoms with E-state index in [1.54, 1.807) is 6.07 Å². The van der Waals surface area contributed by atoms with E-state index in [4.69, 9.17) is 10.5 Å². The van der Waals surface area contributed by atoms with Gasteiger partial charge in [0.15, 0.2) is 0 Å². The van der Waals surface area contributed by atoms with Gasteiger partial charge in [-0.1, -0.05) is 19.9 Å². The number of carbonyl (C=O) groups is 1. The van der Waals surface area contributed by atoms with Gasteiger partial charge in [0.1, 0.15) is 17.1 Å². The van der Waals surface area contributed by atoms with Crippen LogP contribution in [0.3, 0.4) is 0 Å². The van der Waals surface area contributed by atoms with Crippen molar-refractivity contribution in [1.82, 2.24) is 5.32 Å². The summed E-state index contributed by atoms with van der Waals surface area (Å²) in [5, 5.41) is 2.67. The smallest absolute Gasteiger partial charge is 0.258 e. The molecule has 1 amide bonds. The van der Waals surface area contributed by atoms with Crippen LogP contribution < -0.4 is 15.8 Å². The number of halogens is 2. The Bertz CT molecular complexity index is 451. The van der Waals surface area contributed by atoms with Gasteiger partial charge in [-0.15, -0.1) is 12.4 Å². The molecule has 0 radical (unpaired) electrons. The molecule has 114 valence electrons. The molecule has 1 aromatic rings. The van der Waals surface area contributed by atoms with E-state index in [0.717, 1.165) is 12.8 Å². The Hall–Kier alpha value is -1.33. The lowest BCUT2D eigenvalue weighted by atomic mass is 9.94. The van der Waals surface area contributed by atoms with Crippen LogP contribution in [0.4, 0.5) is 4.39 Å². The molecule has 0 fully saturated rings. The fourth-order valence-electron chi connectivity index (χ4n) is 1.74. The number of nitrogens with one attached hydrogen (secondary N) is 1. The molecule has 0 spiro atoms. The average Bonchev–Trinajstić information content (AvgIpc) is 2.44. The molecule has 1 rings (SSSR count). The van der Waals surface area contributed by atoms with E-state index in [1.165, 1.54) is 19.2 Å². The summed E-state index contributed by atoms with van der Waals surface area (Å²) in [6, 6.07) is 4.27. The highest BCUT2D eigenvalue weighted by Crippen LogP contribution is 2.21. The van der Waals surface area contributed by atoms with Gasteiger partial charge in [-0.05, 0) is 25.0 Å². The van der Waals surface area contributed by atoms with Crippen molar-refractivity contribution in [3.8, 4) is 5.75 Å². The van der Waals surface area contributed by atoms with Crippen molar-refractivity contribution < 1.29 is 13.9 Å². The molecule has 0 unspecified atom stereocenters. The van der Waals surface area contributed by atoms with E-state index in [1.807, 2.05) is 13.8 Å². The fourth-order valence-corrected chi connectivity index (χ4v) is 1.74. The van der Waals surface area contributed by atoms with Crippen LogP contribution in [0.5, 0.6) is 5.75 Å². The predicted molar refractivity (Wildman–Crippen MR) is 80.0 cm³/mol. The monoisotopic (exact) mass is 304 g/mol. The molecule has 0 atom stereocenters. The van der Waals surface area contributed by atoms with Crippen LogP contribution in [0.2, 0.25) is 0 Å². The van der Waals surface area contributed by atoms with E-state index in [2.05, 4.69) is 5.32 Å². The number of hydrogen-bond donors (Lipinski definition) is 2. The summed E-state index contributed by atoms with van der Waals surface area (Å²) in [6.07, 6.45) is 1.47. The van der Waals surface area contributed by atoms with E-state index in [0.29, 0.717) is 6.54 Å². The van der Waals surface area contributed by atoms with Gasteiger partial charge in [0, 0.05) is 12.1 Å². The van der Waals surface area contributed by atoms with Crippen molar-refractivity contribution in [3.05, 3.63) is 29.6 Å². The summed E-state index contributed by atoms with van der Waals surface area (Å²) < 4.78 is 18.7. The lowest BCUT2D eigenvalue weighted by Crippen LogP contribution is -2.49. The Kier molecular flexibility index (Phi) is 7.53. The molecule has 0 heterocycles. The number of methoxy groups -OCH3 is 1. The number of nitrogens with two attached hydrogens (primary N) is 1. The van der Waals surface area contributed by atoms with Gasteiger partial charge in [-0.2, -0.15) is 0 Å². The van der Waals surface area contributed by atoms with Crippen LogP contribution in [0.25, 0.3) is 0 Å². The van der Waals surface area contributed by atoms with Crippen LogP contribution in [0, 0.1) is 5.82 Å². The number of amides is 1. The number of benzene rings is 1. The zero-order chi connectivity index (χ0) is 14.5. The molecule has 6 heteroatoms. The van der Waals surface area contributed by atoms with Crippen molar-refractivity contribution in [2.75, 3.05) is 13.7 Å². The zero-order valence-corrected chi connectivity index (χ0v) is 12.8. The molecule has 1 aromatic carbocycles. The topological polar surface area (TPSA) is 64.3 Å². The Morgan fingerprint density at radius 2 is 2.00 bits per heavy atom. The molecule has 0 saturated carbocycles. The molecule has 0 aliphatic rings. The first-order valence-electron chi connectivity index (χ1n) is 6.37. The van der Waals surface area contributed by atoms with Crippen LogP contribution in [-0.4, -0.2) is 25.1 Å². The summed E-state index contributed by atoms with van der Waals surface area (Å²) in [5.41, 5.74) is 5.54. The minimum atomic E-state index is -0.604. The molecule has 0 bridgehead atoms. The first-order valence-corrected chi connectivity index (χ1v) is 6.37. The maximum atomic E-state index is 13.7. The largest absolute Gasteiger partial charge is 0.496 e. The van der Waals surface area contributed by atoms with Gasteiger partial charge in [0.25, 0.3) is 5.91 Å². The normalized spacial score (nSPS) is 10.7. The Labute approximate surface area is 125 Å². The quantitative estimate of drug-likeness (QED) is 0.848. The average molecular weight is 305 g/mol. The second kappa shape index (κ2) is 8.07. The van der Waals surface area contributed by atoms with Crippen molar-refractivity contribution in [2.24, 2.45) is 5.73 Å². The maximum Gasteiger partial charge on any atom is 0.258 e. The third kappa shape index (κ3) is 4.35. The number of ether oxygens (including phenoxy) is 1. The van der Waals surface area contributed by atoms with Crippen LogP contribution in [0.1, 0.15) is 37.0 Å². The number of rotatable bonds is 6. The molecule has 4 nitrogen and oxygen atoms in total. The van der Waals surface area contributed by atoms with Gasteiger partial charge in [-0.3, -0.25) is 4.79 Å². The first-order chi connectivity index (χ1) is 8.97. The van der Waals surface area contributed by atoms with E-state index < -0.39 is 17.3 Å². The SMILES string of the molecule is CCC(N)(CC)CNC(=O)c1c(F)cccc1OC.Cl. The zero-order valence-electron chi connectivity index (χ0n) is 12.0. The minimum absolute atomic E-state index is 0. The van der Waals surface area contributed by atoms with Gasteiger partial charge in [-0.25, -0.2) is 4.39 Å². The van der Waals surface area contributed by atoms with Crippen LogP contribution in [-0.2, 0) is 0 Å². The summed E-state index contributed by atoms with van der Waals surface area (Å²) >= 11 is 0. The van der Waals surface area contributed by atoms with Crippen molar-refractivity contribution in [1.29, 1.82) is 0 Å². The molecular formula is C14H22ClFN2O2. The van der Waals surface area contributed by atoms with Gasteiger partial charge < -0.3 is 15.8 Å². The second-order valence-corrected chi connectivity index (χ2v) is 4.57. The molecule has 0 aliphatic carbocycles. The molecule has 0 aromatic heterocycles. The van der Waals surface area contributed by atoms with Crippen molar-refractivity contribution in [2.45, 2.75) is 32.2 Å². The summed E-state index contributed by atoms with van der Waals surface area (Å²) in [5.74, 6) is -0.896. The van der Waals surface area contributed by atoms with Gasteiger partial charge >= 0.3 is 0 Å². The summed E-state index contributed by atoms with van der Waals surface area (Å²) in [6.45, 7) is 4.22. The third-order valence-corrected chi connectivity index (χ3v) is 3.43. The van der Waals surface area contributed by atoms with E-state index in [9.17, 15) is 9.18 Å². The minimum Gasteiger partial charge on any atom is -0.496 e. The summed E-state index contributed by atoms with van der Waals surface area (Å²) in [7, 11) is 1.40. The van der Waals surface area contributed by atoms with Crippen LogP contribution >= 0.6 is 12.4 Å². The molecule has 20 heavy (non-hydrogen) atoms. The predicted octanol–water partition coefficient (Wildman–Crippen LogP) is 2.50. The number of hydrogen-bond acceptors (Lipinski definition) is 3. The molecule has 3 N–H and O–H groups in total. The van der Waals surface area contributed by atoms with Crippen molar-refractivity contribution in [3.63, 3.8) is 0 Å². The second-order valence-electron chi connectivity index (χ2n) is 4.57. The highest BCUT2D eigenvalue weighted by Gasteiger charge is 2.23. The Morgan fingerprint density at radius 3 is 2.50 bits per heavy atom. The molecule has 0 saturated heterocycles. The lowest BCUT2D eigenvalue weighted by molar-refractivity contribution is 0.0935. The lowest BCUT2D eigenvalue weighted by Gasteiger charge is -2.27. The van der Waals surface area contributed by atoms with E-state index in [-0.39, 0.29) is 23.7 Å². The molecule has 0 aliphatic heterocycles. The standard InChI is InChI=1S/C14H21FN2O2.ClH/c1-4-14(16,5-2)9-17-13(18)12-10(15)7-6-8-11(12)19-3;/h6-8H,4-5,9,16H2,1-3H3,(H,17,18);1H. The third-order valence-electron chi connectivity index (χ3n) is 3.43. The highest BCUT2D eigenvalue weighted by atomic mass is 35.5. The summed E-state index contributed by atoms with van der Waals surface area (Å²) in [4.78, 5) is 12.0. The van der Waals surface area contributed by atoms with Crippen LogP contribution in [0.15, 0.2) is 18.2 Å².